The van der Waals surface area contributed by atoms with Crippen LogP contribution in [0, 0.1) is 0 Å². The summed E-state index contributed by atoms with van der Waals surface area (Å²) in [5.74, 6) is 1.76. The van der Waals surface area contributed by atoms with Crippen LogP contribution in [0.25, 0.3) is 32.5 Å². The predicted molar refractivity (Wildman–Crippen MR) is 95.5 cm³/mol. The minimum absolute atomic E-state index is 0.742. The van der Waals surface area contributed by atoms with Crippen molar-refractivity contribution in [2.75, 3.05) is 31.2 Å². The molecule has 0 aliphatic carbocycles. The second-order valence-electron chi connectivity index (χ2n) is 5.78. The van der Waals surface area contributed by atoms with Gasteiger partial charge >= 0.3 is 0 Å². The van der Waals surface area contributed by atoms with Crippen molar-refractivity contribution < 1.29 is 4.74 Å². The molecule has 0 radical (unpaired) electrons. The fourth-order valence-corrected chi connectivity index (χ4v) is 3.89. The van der Waals surface area contributed by atoms with Crippen molar-refractivity contribution in [1.29, 1.82) is 0 Å². The average molecular weight is 337 g/mol. The van der Waals surface area contributed by atoms with E-state index in [2.05, 4.69) is 38.7 Å². The number of morpholine rings is 1. The zero-order valence-electron chi connectivity index (χ0n) is 12.9. The molecule has 1 aliphatic rings. The minimum atomic E-state index is 0.742. The molecule has 0 amide bonds. The van der Waals surface area contributed by atoms with Gasteiger partial charge in [0.1, 0.15) is 0 Å². The Balaban J connectivity index is 1.67. The van der Waals surface area contributed by atoms with Crippen molar-refractivity contribution in [3.8, 4) is 11.4 Å². The highest BCUT2D eigenvalue weighted by Gasteiger charge is 2.19. The molecule has 1 N–H and O–H groups in total. The summed E-state index contributed by atoms with van der Waals surface area (Å²) in [6, 6.07) is 8.21. The highest BCUT2D eigenvalue weighted by atomic mass is 32.1. The third-order valence-corrected chi connectivity index (χ3v) is 5.20. The van der Waals surface area contributed by atoms with E-state index >= 15 is 0 Å². The second kappa shape index (κ2) is 5.54. The van der Waals surface area contributed by atoms with Crippen molar-refractivity contribution in [1.82, 2.24) is 20.2 Å². The van der Waals surface area contributed by atoms with Crippen LogP contribution >= 0.6 is 11.3 Å². The van der Waals surface area contributed by atoms with E-state index in [0.717, 1.165) is 64.6 Å². The number of hydrogen-bond acceptors (Lipinski definition) is 6. The van der Waals surface area contributed by atoms with Crippen molar-refractivity contribution >= 4 is 38.3 Å². The number of nitrogens with one attached hydrogen (secondary N) is 1. The van der Waals surface area contributed by atoms with Crippen LogP contribution < -0.4 is 4.90 Å². The van der Waals surface area contributed by atoms with E-state index in [0.29, 0.717) is 0 Å². The molecule has 0 spiro atoms. The molecule has 0 saturated carbocycles. The molecule has 1 aliphatic heterocycles. The molecule has 0 atom stereocenters. The molecular weight excluding hydrogens is 322 g/mol. The Bertz CT molecular complexity index is 1020. The lowest BCUT2D eigenvalue weighted by Crippen LogP contribution is -2.36. The first-order valence-corrected chi connectivity index (χ1v) is 8.78. The Morgan fingerprint density at radius 2 is 2.04 bits per heavy atom. The number of benzene rings is 1. The first kappa shape index (κ1) is 13.9. The van der Waals surface area contributed by atoms with Crippen LogP contribution in [0.3, 0.4) is 0 Å². The van der Waals surface area contributed by atoms with Gasteiger partial charge in [0.25, 0.3) is 0 Å². The van der Waals surface area contributed by atoms with Crippen molar-refractivity contribution in [2.24, 2.45) is 0 Å². The van der Waals surface area contributed by atoms with E-state index in [-0.39, 0.29) is 0 Å². The van der Waals surface area contributed by atoms with Gasteiger partial charge in [-0.3, -0.25) is 5.10 Å². The molecule has 4 aromatic rings. The Morgan fingerprint density at radius 1 is 1.12 bits per heavy atom. The number of rotatable bonds is 2. The zero-order chi connectivity index (χ0) is 15.9. The van der Waals surface area contributed by atoms with Gasteiger partial charge in [0.05, 0.1) is 35.1 Å². The summed E-state index contributed by atoms with van der Waals surface area (Å²) in [5, 5.41) is 10.3. The number of fused-ring (bicyclic) bond motifs is 2. The third kappa shape index (κ3) is 2.24. The van der Waals surface area contributed by atoms with Gasteiger partial charge in [-0.05, 0) is 17.5 Å². The van der Waals surface area contributed by atoms with Gasteiger partial charge in [0.2, 0.25) is 0 Å². The SMILES string of the molecule is c1cc2nc(-c3ccc4cn[nH]c4c3)nc(N3CCOCC3)c2s1. The largest absolute Gasteiger partial charge is 0.378 e. The average Bonchev–Trinajstić information content (AvgIpc) is 3.29. The number of nitrogens with zero attached hydrogens (tertiary/aromatic N) is 4. The molecule has 24 heavy (non-hydrogen) atoms. The van der Waals surface area contributed by atoms with Gasteiger partial charge < -0.3 is 9.64 Å². The molecule has 4 heterocycles. The molecule has 1 saturated heterocycles. The summed E-state index contributed by atoms with van der Waals surface area (Å²) in [4.78, 5) is 11.9. The Labute approximate surface area is 142 Å². The smallest absolute Gasteiger partial charge is 0.162 e. The van der Waals surface area contributed by atoms with E-state index in [4.69, 9.17) is 14.7 Å². The fourth-order valence-electron chi connectivity index (χ4n) is 3.04. The van der Waals surface area contributed by atoms with Crippen LogP contribution in [0.1, 0.15) is 0 Å². The Hall–Kier alpha value is -2.51. The number of anilines is 1. The van der Waals surface area contributed by atoms with Gasteiger partial charge in [0, 0.05) is 24.0 Å². The third-order valence-electron chi connectivity index (χ3n) is 4.30. The van der Waals surface area contributed by atoms with Crippen molar-refractivity contribution in [2.45, 2.75) is 0 Å². The molecular formula is C17H15N5OS. The Kier molecular flexibility index (Phi) is 3.20. The summed E-state index contributed by atoms with van der Waals surface area (Å²) in [5.41, 5.74) is 2.99. The van der Waals surface area contributed by atoms with Gasteiger partial charge in [-0.2, -0.15) is 5.10 Å². The lowest BCUT2D eigenvalue weighted by atomic mass is 10.1. The van der Waals surface area contributed by atoms with E-state index in [9.17, 15) is 0 Å². The first-order valence-electron chi connectivity index (χ1n) is 7.90. The lowest BCUT2D eigenvalue weighted by molar-refractivity contribution is 0.122. The van der Waals surface area contributed by atoms with Gasteiger partial charge in [-0.1, -0.05) is 12.1 Å². The number of ether oxygens (including phenoxy) is 1. The quantitative estimate of drug-likeness (QED) is 0.609. The van der Waals surface area contributed by atoms with Crippen LogP contribution in [-0.2, 0) is 4.74 Å². The summed E-state index contributed by atoms with van der Waals surface area (Å²) >= 11 is 1.69. The number of aromatic nitrogens is 4. The number of H-pyrrole nitrogens is 1. The van der Waals surface area contributed by atoms with Crippen LogP contribution in [0.5, 0.6) is 0 Å². The number of thiophene rings is 1. The summed E-state index contributed by atoms with van der Waals surface area (Å²) < 4.78 is 6.62. The molecule has 1 fully saturated rings. The van der Waals surface area contributed by atoms with Crippen LogP contribution in [0.15, 0.2) is 35.8 Å². The maximum absolute atomic E-state index is 5.48. The monoisotopic (exact) mass is 337 g/mol. The van der Waals surface area contributed by atoms with E-state index < -0.39 is 0 Å². The van der Waals surface area contributed by atoms with Crippen molar-refractivity contribution in [3.05, 3.63) is 35.8 Å². The maximum Gasteiger partial charge on any atom is 0.162 e. The first-order chi connectivity index (χ1) is 11.9. The molecule has 0 unspecified atom stereocenters. The highest BCUT2D eigenvalue weighted by molar-refractivity contribution is 7.17. The number of aromatic amines is 1. The van der Waals surface area contributed by atoms with Gasteiger partial charge in [-0.25, -0.2) is 9.97 Å². The minimum Gasteiger partial charge on any atom is -0.378 e. The molecule has 3 aromatic heterocycles. The zero-order valence-corrected chi connectivity index (χ0v) is 13.7. The van der Waals surface area contributed by atoms with Crippen molar-refractivity contribution in [3.63, 3.8) is 0 Å². The standard InChI is InChI=1S/C17H15N5OS/c1-2-12-10-18-21-14(12)9-11(1)16-19-13-3-8-24-15(13)17(20-16)22-4-6-23-7-5-22/h1-3,8-10H,4-7H2,(H,18,21). The lowest BCUT2D eigenvalue weighted by Gasteiger charge is -2.28. The van der Waals surface area contributed by atoms with Gasteiger partial charge in [0.15, 0.2) is 11.6 Å². The fraction of sp³-hybridized carbons (Fsp3) is 0.235. The van der Waals surface area contributed by atoms with E-state index in [1.807, 2.05) is 12.3 Å². The van der Waals surface area contributed by atoms with Crippen LogP contribution in [0.2, 0.25) is 0 Å². The highest BCUT2D eigenvalue weighted by Crippen LogP contribution is 2.32. The summed E-state index contributed by atoms with van der Waals surface area (Å²) in [6.07, 6.45) is 1.82. The molecule has 7 heteroatoms. The summed E-state index contributed by atoms with van der Waals surface area (Å²) in [7, 11) is 0. The van der Waals surface area contributed by atoms with E-state index in [1.54, 1.807) is 11.3 Å². The normalized spacial score (nSPS) is 15.4. The topological polar surface area (TPSA) is 66.9 Å². The molecule has 1 aromatic carbocycles. The molecule has 0 bridgehead atoms. The molecule has 120 valence electrons. The van der Waals surface area contributed by atoms with E-state index in [1.165, 1.54) is 0 Å². The molecule has 5 rings (SSSR count). The molecule has 6 nitrogen and oxygen atoms in total. The van der Waals surface area contributed by atoms with Crippen LogP contribution in [0.4, 0.5) is 5.82 Å². The second-order valence-corrected chi connectivity index (χ2v) is 6.69. The summed E-state index contributed by atoms with van der Waals surface area (Å²) in [6.45, 7) is 3.21. The Morgan fingerprint density at radius 3 is 2.96 bits per heavy atom. The number of hydrogen-bond donors (Lipinski definition) is 1. The maximum atomic E-state index is 5.48. The predicted octanol–water partition coefficient (Wildman–Crippen LogP) is 3.07. The van der Waals surface area contributed by atoms with Crippen LogP contribution in [-0.4, -0.2) is 46.5 Å². The van der Waals surface area contributed by atoms with Gasteiger partial charge in [-0.15, -0.1) is 11.3 Å².